The van der Waals surface area contributed by atoms with E-state index in [9.17, 15) is 4.79 Å². The Morgan fingerprint density at radius 1 is 1.06 bits per heavy atom. The highest BCUT2D eigenvalue weighted by atomic mass is 16.5. The number of carbonyl (C=O) groups excluding carboxylic acids is 1. The molecular formula is C27H32N4O3. The number of hydrogen-bond acceptors (Lipinski definition) is 6. The number of nitrogens with zero attached hydrogens (tertiary/aromatic N) is 3. The molecule has 1 amide bonds. The van der Waals surface area contributed by atoms with Crippen molar-refractivity contribution >= 4 is 22.6 Å². The summed E-state index contributed by atoms with van der Waals surface area (Å²) in [5, 5.41) is 3.03. The van der Waals surface area contributed by atoms with Crippen molar-refractivity contribution in [2.24, 2.45) is 5.92 Å². The minimum absolute atomic E-state index is 0.0674. The van der Waals surface area contributed by atoms with Crippen LogP contribution in [0.1, 0.15) is 37.7 Å². The number of nitrogens with one attached hydrogen (secondary N) is 1. The van der Waals surface area contributed by atoms with E-state index in [4.69, 9.17) is 9.47 Å². The van der Waals surface area contributed by atoms with Gasteiger partial charge in [-0.3, -0.25) is 19.7 Å². The number of piperidine rings is 1. The molecule has 2 fully saturated rings. The zero-order valence-electron chi connectivity index (χ0n) is 19.5. The van der Waals surface area contributed by atoms with E-state index in [1.165, 1.54) is 5.56 Å². The van der Waals surface area contributed by atoms with Gasteiger partial charge in [0, 0.05) is 37.7 Å². The van der Waals surface area contributed by atoms with Gasteiger partial charge in [0.05, 0.1) is 17.1 Å². The first-order valence-electron chi connectivity index (χ1n) is 12.3. The lowest BCUT2D eigenvalue weighted by Crippen LogP contribution is -2.34. The standard InChI is InChI=1S/C27H32N4O3/c32-27(30-22-6-7-25-26(17-22)29-11-10-28-25)16-20-8-12-31(13-9-20)18-21-3-1-4-23(15-21)34-19-24-5-2-14-33-24/h1,3-4,6-7,10-11,15,17,20,24H,2,5,8-9,12-14,16,18-19H2,(H,30,32). The second-order valence-corrected chi connectivity index (χ2v) is 9.33. The fraction of sp³-hybridized carbons (Fsp3) is 0.444. The molecule has 0 spiro atoms. The van der Waals surface area contributed by atoms with Crippen LogP contribution in [-0.2, 0) is 16.1 Å². The summed E-state index contributed by atoms with van der Waals surface area (Å²) >= 11 is 0. The molecule has 0 bridgehead atoms. The third kappa shape index (κ3) is 6.10. The van der Waals surface area contributed by atoms with Crippen molar-refractivity contribution in [3.63, 3.8) is 0 Å². The van der Waals surface area contributed by atoms with Gasteiger partial charge in [0.2, 0.25) is 5.91 Å². The van der Waals surface area contributed by atoms with Crippen LogP contribution < -0.4 is 10.1 Å². The highest BCUT2D eigenvalue weighted by molar-refractivity contribution is 5.93. The molecule has 1 atom stereocenters. The maximum absolute atomic E-state index is 12.6. The second-order valence-electron chi connectivity index (χ2n) is 9.33. The number of amides is 1. The van der Waals surface area contributed by atoms with Crippen LogP contribution >= 0.6 is 0 Å². The van der Waals surface area contributed by atoms with Gasteiger partial charge in [-0.25, -0.2) is 0 Å². The van der Waals surface area contributed by atoms with Gasteiger partial charge in [-0.1, -0.05) is 12.1 Å². The second kappa shape index (κ2) is 10.9. The first-order chi connectivity index (χ1) is 16.7. The molecule has 0 radical (unpaired) electrons. The molecule has 0 saturated carbocycles. The summed E-state index contributed by atoms with van der Waals surface area (Å²) in [5.41, 5.74) is 3.65. The topological polar surface area (TPSA) is 76.6 Å². The molecule has 7 nitrogen and oxygen atoms in total. The average Bonchev–Trinajstić information content (AvgIpc) is 3.38. The lowest BCUT2D eigenvalue weighted by atomic mass is 9.93. The molecule has 2 aliphatic heterocycles. The molecule has 178 valence electrons. The third-order valence-corrected chi connectivity index (χ3v) is 6.70. The Morgan fingerprint density at radius 3 is 2.74 bits per heavy atom. The molecule has 7 heteroatoms. The predicted octanol–water partition coefficient (Wildman–Crippen LogP) is 4.43. The quantitative estimate of drug-likeness (QED) is 0.536. The van der Waals surface area contributed by atoms with Crippen molar-refractivity contribution in [2.45, 2.75) is 44.8 Å². The number of likely N-dealkylation sites (tertiary alicyclic amines) is 1. The largest absolute Gasteiger partial charge is 0.491 e. The van der Waals surface area contributed by atoms with Crippen LogP contribution in [0.5, 0.6) is 5.75 Å². The van der Waals surface area contributed by atoms with E-state index in [0.717, 1.165) is 74.4 Å². The van der Waals surface area contributed by atoms with Gasteiger partial charge in [-0.2, -0.15) is 0 Å². The first-order valence-corrected chi connectivity index (χ1v) is 12.3. The summed E-state index contributed by atoms with van der Waals surface area (Å²) in [4.78, 5) is 23.6. The van der Waals surface area contributed by atoms with Crippen LogP contribution in [0.25, 0.3) is 11.0 Å². The fourth-order valence-electron chi connectivity index (χ4n) is 4.82. The zero-order valence-corrected chi connectivity index (χ0v) is 19.5. The van der Waals surface area contributed by atoms with Crippen molar-refractivity contribution in [2.75, 3.05) is 31.6 Å². The Labute approximate surface area is 200 Å². The molecule has 2 saturated heterocycles. The van der Waals surface area contributed by atoms with Gasteiger partial charge in [0.25, 0.3) is 0 Å². The maximum atomic E-state index is 12.6. The SMILES string of the molecule is O=C(CC1CCN(Cc2cccc(OCC3CCCO3)c2)CC1)Nc1ccc2nccnc2c1. The fourth-order valence-corrected chi connectivity index (χ4v) is 4.82. The summed E-state index contributed by atoms with van der Waals surface area (Å²) < 4.78 is 11.6. The van der Waals surface area contributed by atoms with Crippen LogP contribution in [0.2, 0.25) is 0 Å². The molecule has 1 aromatic heterocycles. The van der Waals surface area contributed by atoms with Crippen LogP contribution in [0.4, 0.5) is 5.69 Å². The molecule has 34 heavy (non-hydrogen) atoms. The average molecular weight is 461 g/mol. The number of carbonyl (C=O) groups is 1. The van der Waals surface area contributed by atoms with Gasteiger partial charge in [0.1, 0.15) is 12.4 Å². The van der Waals surface area contributed by atoms with Crippen molar-refractivity contribution in [3.8, 4) is 5.75 Å². The molecule has 2 aliphatic rings. The summed E-state index contributed by atoms with van der Waals surface area (Å²) in [6.07, 6.45) is 8.40. The van der Waals surface area contributed by atoms with Crippen LogP contribution in [0.3, 0.4) is 0 Å². The van der Waals surface area contributed by atoms with Crippen molar-refractivity contribution < 1.29 is 14.3 Å². The monoisotopic (exact) mass is 460 g/mol. The Bertz CT molecular complexity index is 1110. The normalized spacial score (nSPS) is 19.4. The van der Waals surface area contributed by atoms with E-state index in [0.29, 0.717) is 18.9 Å². The zero-order chi connectivity index (χ0) is 23.2. The smallest absolute Gasteiger partial charge is 0.224 e. The summed E-state index contributed by atoms with van der Waals surface area (Å²) in [7, 11) is 0. The number of benzene rings is 2. The Balaban J connectivity index is 1.06. The van der Waals surface area contributed by atoms with Gasteiger partial charge in [-0.15, -0.1) is 0 Å². The number of anilines is 1. The summed E-state index contributed by atoms with van der Waals surface area (Å²) in [5.74, 6) is 1.40. The van der Waals surface area contributed by atoms with E-state index in [-0.39, 0.29) is 12.0 Å². The van der Waals surface area contributed by atoms with Crippen LogP contribution in [0.15, 0.2) is 54.9 Å². The highest BCUT2D eigenvalue weighted by Crippen LogP contribution is 2.24. The number of hydrogen-bond donors (Lipinski definition) is 1. The van der Waals surface area contributed by atoms with E-state index >= 15 is 0 Å². The number of fused-ring (bicyclic) bond motifs is 1. The Morgan fingerprint density at radius 2 is 1.91 bits per heavy atom. The molecule has 1 unspecified atom stereocenters. The molecule has 0 aliphatic carbocycles. The molecule has 3 heterocycles. The first kappa shape index (κ1) is 22.7. The third-order valence-electron chi connectivity index (χ3n) is 6.70. The predicted molar refractivity (Wildman–Crippen MR) is 132 cm³/mol. The van der Waals surface area contributed by atoms with Gasteiger partial charge in [-0.05, 0) is 80.6 Å². The van der Waals surface area contributed by atoms with E-state index in [1.807, 2.05) is 24.3 Å². The Hall–Kier alpha value is -3.03. The van der Waals surface area contributed by atoms with E-state index in [2.05, 4.69) is 38.4 Å². The number of ether oxygens (including phenoxy) is 2. The summed E-state index contributed by atoms with van der Waals surface area (Å²) in [6.45, 7) is 4.40. The number of rotatable bonds is 8. The minimum Gasteiger partial charge on any atom is -0.491 e. The highest BCUT2D eigenvalue weighted by Gasteiger charge is 2.22. The molecule has 1 N–H and O–H groups in total. The lowest BCUT2D eigenvalue weighted by molar-refractivity contribution is -0.117. The summed E-state index contributed by atoms with van der Waals surface area (Å²) in [6, 6.07) is 14.0. The van der Waals surface area contributed by atoms with E-state index in [1.54, 1.807) is 12.4 Å². The van der Waals surface area contributed by atoms with Crippen LogP contribution in [-0.4, -0.2) is 53.2 Å². The molecule has 5 rings (SSSR count). The van der Waals surface area contributed by atoms with Crippen molar-refractivity contribution in [1.29, 1.82) is 0 Å². The minimum atomic E-state index is 0.0674. The maximum Gasteiger partial charge on any atom is 0.224 e. The van der Waals surface area contributed by atoms with Gasteiger partial charge < -0.3 is 14.8 Å². The molecular weight excluding hydrogens is 428 g/mol. The van der Waals surface area contributed by atoms with Gasteiger partial charge >= 0.3 is 0 Å². The van der Waals surface area contributed by atoms with Crippen LogP contribution in [0, 0.1) is 5.92 Å². The lowest BCUT2D eigenvalue weighted by Gasteiger charge is -2.31. The van der Waals surface area contributed by atoms with Crippen molar-refractivity contribution in [1.82, 2.24) is 14.9 Å². The van der Waals surface area contributed by atoms with Crippen molar-refractivity contribution in [3.05, 3.63) is 60.4 Å². The number of aromatic nitrogens is 2. The molecule has 2 aromatic carbocycles. The molecule has 3 aromatic rings. The Kier molecular flexibility index (Phi) is 7.31. The van der Waals surface area contributed by atoms with E-state index < -0.39 is 0 Å². The van der Waals surface area contributed by atoms with Gasteiger partial charge in [0.15, 0.2) is 0 Å².